The van der Waals surface area contributed by atoms with E-state index in [0.717, 1.165) is 11.3 Å². The van der Waals surface area contributed by atoms with Crippen LogP contribution in [0.15, 0.2) is 42.7 Å². The van der Waals surface area contributed by atoms with E-state index in [9.17, 15) is 4.39 Å². The highest BCUT2D eigenvalue weighted by Gasteiger charge is 1.98. The van der Waals surface area contributed by atoms with Crippen molar-refractivity contribution in [2.75, 3.05) is 0 Å². The Morgan fingerprint density at radius 1 is 1.19 bits per heavy atom. The normalized spacial score (nSPS) is 10.1. The number of ether oxygens (including phenoxy) is 1. The van der Waals surface area contributed by atoms with Crippen LogP contribution >= 0.6 is 0 Å². The fraction of sp³-hybridized carbons (Fsp3) is 0.154. The Labute approximate surface area is 93.7 Å². The second kappa shape index (κ2) is 4.75. The summed E-state index contributed by atoms with van der Waals surface area (Å²) in [6.07, 6.45) is 2.77. The van der Waals surface area contributed by atoms with E-state index in [-0.39, 0.29) is 5.82 Å². The molecule has 0 fully saturated rings. The molecular weight excluding hydrogens is 205 g/mol. The van der Waals surface area contributed by atoms with Crippen molar-refractivity contribution >= 4 is 0 Å². The van der Waals surface area contributed by atoms with E-state index in [4.69, 9.17) is 4.74 Å². The molecule has 0 saturated carbocycles. The fourth-order valence-corrected chi connectivity index (χ4v) is 1.34. The van der Waals surface area contributed by atoms with Gasteiger partial charge in [0.1, 0.15) is 18.2 Å². The van der Waals surface area contributed by atoms with Crippen LogP contribution in [0.1, 0.15) is 11.1 Å². The zero-order valence-electron chi connectivity index (χ0n) is 8.98. The van der Waals surface area contributed by atoms with Crippen molar-refractivity contribution in [3.8, 4) is 5.75 Å². The number of benzene rings is 1. The molecule has 0 amide bonds. The SMILES string of the molecule is Cc1ccc(OCc2cncc(F)c2)cc1. The van der Waals surface area contributed by atoms with Gasteiger partial charge in [-0.3, -0.25) is 4.98 Å². The lowest BCUT2D eigenvalue weighted by molar-refractivity contribution is 0.305. The van der Waals surface area contributed by atoms with Crippen LogP contribution in [-0.2, 0) is 6.61 Å². The lowest BCUT2D eigenvalue weighted by Crippen LogP contribution is -1.96. The Bertz CT molecular complexity index is 468. The number of hydrogen-bond acceptors (Lipinski definition) is 2. The first kappa shape index (κ1) is 10.6. The van der Waals surface area contributed by atoms with Gasteiger partial charge in [-0.15, -0.1) is 0 Å². The van der Waals surface area contributed by atoms with Crippen molar-refractivity contribution in [3.05, 3.63) is 59.7 Å². The fourth-order valence-electron chi connectivity index (χ4n) is 1.34. The summed E-state index contributed by atoms with van der Waals surface area (Å²) in [5, 5.41) is 0. The molecule has 0 radical (unpaired) electrons. The molecule has 2 aromatic rings. The van der Waals surface area contributed by atoms with Crippen LogP contribution in [0.5, 0.6) is 5.75 Å². The minimum Gasteiger partial charge on any atom is -0.489 e. The Hall–Kier alpha value is -1.90. The molecule has 3 heteroatoms. The van der Waals surface area contributed by atoms with Crippen molar-refractivity contribution < 1.29 is 9.13 Å². The second-order valence-corrected chi connectivity index (χ2v) is 3.61. The highest BCUT2D eigenvalue weighted by Crippen LogP contribution is 2.13. The summed E-state index contributed by atoms with van der Waals surface area (Å²) in [6, 6.07) is 9.14. The average Bonchev–Trinajstić information content (AvgIpc) is 2.28. The van der Waals surface area contributed by atoms with Crippen LogP contribution in [0.3, 0.4) is 0 Å². The summed E-state index contributed by atoms with van der Waals surface area (Å²) in [7, 11) is 0. The molecule has 0 saturated heterocycles. The molecule has 0 aliphatic heterocycles. The van der Waals surface area contributed by atoms with Gasteiger partial charge in [-0.25, -0.2) is 4.39 Å². The Morgan fingerprint density at radius 3 is 2.62 bits per heavy atom. The van der Waals surface area contributed by atoms with Crippen molar-refractivity contribution in [2.45, 2.75) is 13.5 Å². The van der Waals surface area contributed by atoms with Gasteiger partial charge in [-0.2, -0.15) is 0 Å². The minimum atomic E-state index is -0.343. The van der Waals surface area contributed by atoms with Gasteiger partial charge < -0.3 is 4.74 Å². The molecule has 0 N–H and O–H groups in total. The van der Waals surface area contributed by atoms with Gasteiger partial charge in [0.25, 0.3) is 0 Å². The van der Waals surface area contributed by atoms with E-state index in [0.29, 0.717) is 6.61 Å². The van der Waals surface area contributed by atoms with Crippen LogP contribution in [0.25, 0.3) is 0 Å². The molecule has 82 valence electrons. The molecule has 0 aliphatic rings. The Morgan fingerprint density at radius 2 is 1.94 bits per heavy atom. The molecule has 0 spiro atoms. The second-order valence-electron chi connectivity index (χ2n) is 3.61. The topological polar surface area (TPSA) is 22.1 Å². The zero-order chi connectivity index (χ0) is 11.4. The van der Waals surface area contributed by atoms with Gasteiger partial charge in [0.2, 0.25) is 0 Å². The average molecular weight is 217 g/mol. The third-order valence-electron chi connectivity index (χ3n) is 2.19. The van der Waals surface area contributed by atoms with Gasteiger partial charge in [-0.05, 0) is 25.1 Å². The molecule has 0 unspecified atom stereocenters. The van der Waals surface area contributed by atoms with Crippen LogP contribution in [-0.4, -0.2) is 4.98 Å². The molecule has 16 heavy (non-hydrogen) atoms. The monoisotopic (exact) mass is 217 g/mol. The van der Waals surface area contributed by atoms with Gasteiger partial charge in [-0.1, -0.05) is 17.7 Å². The summed E-state index contributed by atoms with van der Waals surface area (Å²) < 4.78 is 18.3. The number of pyridine rings is 1. The lowest BCUT2D eigenvalue weighted by Gasteiger charge is -2.06. The van der Waals surface area contributed by atoms with E-state index < -0.39 is 0 Å². The smallest absolute Gasteiger partial charge is 0.141 e. The highest BCUT2D eigenvalue weighted by atomic mass is 19.1. The first-order valence-corrected chi connectivity index (χ1v) is 5.03. The van der Waals surface area contributed by atoms with Crippen molar-refractivity contribution in [1.29, 1.82) is 0 Å². The number of hydrogen-bond donors (Lipinski definition) is 0. The first-order valence-electron chi connectivity index (χ1n) is 5.03. The molecule has 0 aliphatic carbocycles. The third kappa shape index (κ3) is 2.79. The van der Waals surface area contributed by atoms with Crippen LogP contribution in [0.4, 0.5) is 4.39 Å². The quantitative estimate of drug-likeness (QED) is 0.788. The maximum Gasteiger partial charge on any atom is 0.141 e. The van der Waals surface area contributed by atoms with Crippen LogP contribution in [0, 0.1) is 12.7 Å². The molecule has 1 aromatic carbocycles. The predicted octanol–water partition coefficient (Wildman–Crippen LogP) is 3.11. The number of nitrogens with zero attached hydrogens (tertiary/aromatic N) is 1. The summed E-state index contributed by atoms with van der Waals surface area (Å²) in [5.74, 6) is 0.430. The zero-order valence-corrected chi connectivity index (χ0v) is 8.98. The molecule has 0 atom stereocenters. The highest BCUT2D eigenvalue weighted by molar-refractivity contribution is 5.26. The van der Waals surface area contributed by atoms with E-state index in [2.05, 4.69) is 4.98 Å². The summed E-state index contributed by atoms with van der Waals surface area (Å²) in [5.41, 5.74) is 1.90. The molecule has 2 rings (SSSR count). The van der Waals surface area contributed by atoms with E-state index in [1.807, 2.05) is 31.2 Å². The van der Waals surface area contributed by atoms with E-state index in [1.165, 1.54) is 17.8 Å². The number of aromatic nitrogens is 1. The Balaban J connectivity index is 1.99. The number of halogens is 1. The Kier molecular flexibility index (Phi) is 3.15. The van der Waals surface area contributed by atoms with E-state index >= 15 is 0 Å². The van der Waals surface area contributed by atoms with Crippen molar-refractivity contribution in [1.82, 2.24) is 4.98 Å². The maximum atomic E-state index is 12.8. The maximum absolute atomic E-state index is 12.8. The van der Waals surface area contributed by atoms with Crippen molar-refractivity contribution in [3.63, 3.8) is 0 Å². The van der Waals surface area contributed by atoms with E-state index in [1.54, 1.807) is 6.20 Å². The molecule has 2 nitrogen and oxygen atoms in total. The summed E-state index contributed by atoms with van der Waals surface area (Å²) >= 11 is 0. The number of rotatable bonds is 3. The summed E-state index contributed by atoms with van der Waals surface area (Å²) in [6.45, 7) is 2.34. The largest absolute Gasteiger partial charge is 0.489 e. The summed E-state index contributed by atoms with van der Waals surface area (Å²) in [4.78, 5) is 3.76. The van der Waals surface area contributed by atoms with Gasteiger partial charge >= 0.3 is 0 Å². The third-order valence-corrected chi connectivity index (χ3v) is 2.19. The molecular formula is C13H12FNO. The van der Waals surface area contributed by atoms with Gasteiger partial charge in [0.15, 0.2) is 0 Å². The minimum absolute atomic E-state index is 0.327. The van der Waals surface area contributed by atoms with Crippen LogP contribution < -0.4 is 4.74 Å². The van der Waals surface area contributed by atoms with Crippen molar-refractivity contribution in [2.24, 2.45) is 0 Å². The van der Waals surface area contributed by atoms with Crippen LogP contribution in [0.2, 0.25) is 0 Å². The molecule has 0 bridgehead atoms. The molecule has 1 aromatic heterocycles. The first-order chi connectivity index (χ1) is 7.74. The predicted molar refractivity (Wildman–Crippen MR) is 59.7 cm³/mol. The van der Waals surface area contributed by atoms with Gasteiger partial charge in [0.05, 0.1) is 6.20 Å². The standard InChI is InChI=1S/C13H12FNO/c1-10-2-4-13(5-3-10)16-9-11-6-12(14)8-15-7-11/h2-8H,9H2,1H3. The van der Waals surface area contributed by atoms with Gasteiger partial charge in [0, 0.05) is 11.8 Å². The number of aryl methyl sites for hydroxylation is 1. The molecule has 1 heterocycles. The lowest BCUT2D eigenvalue weighted by atomic mass is 10.2.